The molecule has 3 fully saturated rings. The maximum Gasteiger partial charge on any atom is 0.236 e. The van der Waals surface area contributed by atoms with Gasteiger partial charge in [0.05, 0.1) is 24.6 Å². The molecule has 2 aromatic rings. The van der Waals surface area contributed by atoms with Crippen LogP contribution in [0.5, 0.6) is 0 Å². The zero-order chi connectivity index (χ0) is 22.8. The van der Waals surface area contributed by atoms with Gasteiger partial charge in [-0.15, -0.1) is 0 Å². The summed E-state index contributed by atoms with van der Waals surface area (Å²) in [6, 6.07) is 4.78. The minimum Gasteiger partial charge on any atom is -0.353 e. The van der Waals surface area contributed by atoms with Gasteiger partial charge in [-0.1, -0.05) is 12.5 Å². The Morgan fingerprint density at radius 1 is 0.939 bits per heavy atom. The predicted octanol–water partition coefficient (Wildman–Crippen LogP) is 2.24. The molecule has 9 heteroatoms. The van der Waals surface area contributed by atoms with Crippen LogP contribution < -0.4 is 4.90 Å². The van der Waals surface area contributed by atoms with Crippen molar-refractivity contribution in [2.75, 3.05) is 63.8 Å². The Morgan fingerprint density at radius 2 is 1.70 bits per heavy atom. The summed E-state index contributed by atoms with van der Waals surface area (Å²) in [5.41, 5.74) is 0.406. The van der Waals surface area contributed by atoms with Crippen molar-refractivity contribution in [2.24, 2.45) is 0 Å². The lowest BCUT2D eigenvalue weighted by molar-refractivity contribution is -0.134. The molecule has 0 bridgehead atoms. The normalized spacial score (nSPS) is 20.7. The number of aromatic nitrogens is 2. The summed E-state index contributed by atoms with van der Waals surface area (Å²) in [5, 5.41) is 0. The van der Waals surface area contributed by atoms with Crippen molar-refractivity contribution < 1.29 is 13.6 Å². The molecule has 0 spiro atoms. The molecule has 1 amide bonds. The number of hydrogen-bond acceptors (Lipinski definition) is 6. The fraction of sp³-hybridized carbons (Fsp3) is 0.542. The van der Waals surface area contributed by atoms with E-state index in [1.54, 1.807) is 6.20 Å². The lowest BCUT2D eigenvalue weighted by Crippen LogP contribution is -2.56. The van der Waals surface area contributed by atoms with E-state index in [1.165, 1.54) is 37.6 Å². The maximum absolute atomic E-state index is 14.0. The van der Waals surface area contributed by atoms with Crippen LogP contribution in [0.15, 0.2) is 30.6 Å². The van der Waals surface area contributed by atoms with Crippen LogP contribution in [0.1, 0.15) is 19.3 Å². The van der Waals surface area contributed by atoms with Crippen LogP contribution in [0.3, 0.4) is 0 Å². The highest BCUT2D eigenvalue weighted by atomic mass is 19.2. The first kappa shape index (κ1) is 22.2. The van der Waals surface area contributed by atoms with Crippen molar-refractivity contribution in [1.29, 1.82) is 0 Å². The number of piperazine rings is 2. The molecule has 176 valence electrons. The van der Waals surface area contributed by atoms with Crippen molar-refractivity contribution in [3.8, 4) is 11.3 Å². The molecule has 1 aromatic heterocycles. The molecule has 0 unspecified atom stereocenters. The molecule has 2 aliphatic heterocycles. The molecule has 7 nitrogen and oxygen atoms in total. The summed E-state index contributed by atoms with van der Waals surface area (Å²) in [6.45, 7) is 7.16. The average Bonchev–Trinajstić information content (AvgIpc) is 2.81. The third-order valence-corrected chi connectivity index (χ3v) is 7.18. The summed E-state index contributed by atoms with van der Waals surface area (Å²) >= 11 is 0. The number of carbonyl (C=O) groups is 1. The topological polar surface area (TPSA) is 55.8 Å². The molecule has 2 saturated heterocycles. The number of amides is 1. The number of carbonyl (C=O) groups excluding carboxylic acids is 1. The Balaban J connectivity index is 1.10. The van der Waals surface area contributed by atoms with Gasteiger partial charge in [-0.25, -0.2) is 13.8 Å². The maximum atomic E-state index is 14.0. The standard InChI is InChI=1S/C24H30F2N6O/c25-20-6-2-5-19(24(20)26)21-15-28-22(16-27-21)31-9-7-29(8-10-31)17-23(33)32-13-11-30(12-14-32)18-3-1-4-18/h2,5-6,15-16,18H,1,3-4,7-14,17H2. The van der Waals surface area contributed by atoms with Crippen LogP contribution in [-0.4, -0.2) is 95.5 Å². The van der Waals surface area contributed by atoms with Gasteiger partial charge in [0.25, 0.3) is 0 Å². The van der Waals surface area contributed by atoms with Crippen LogP contribution in [0.4, 0.5) is 14.6 Å². The summed E-state index contributed by atoms with van der Waals surface area (Å²) in [7, 11) is 0. The number of hydrogen-bond donors (Lipinski definition) is 0. The molecule has 3 heterocycles. The summed E-state index contributed by atoms with van der Waals surface area (Å²) in [5.74, 6) is -0.891. The monoisotopic (exact) mass is 456 g/mol. The van der Waals surface area contributed by atoms with Gasteiger partial charge < -0.3 is 9.80 Å². The van der Waals surface area contributed by atoms with Crippen LogP contribution in [0.25, 0.3) is 11.3 Å². The van der Waals surface area contributed by atoms with E-state index in [0.717, 1.165) is 64.5 Å². The van der Waals surface area contributed by atoms with Crippen molar-refractivity contribution in [2.45, 2.75) is 25.3 Å². The quantitative estimate of drug-likeness (QED) is 0.688. The van der Waals surface area contributed by atoms with Gasteiger partial charge in [-0.2, -0.15) is 0 Å². The predicted molar refractivity (Wildman–Crippen MR) is 122 cm³/mol. The third-order valence-electron chi connectivity index (χ3n) is 7.18. The highest BCUT2D eigenvalue weighted by Gasteiger charge is 2.30. The van der Waals surface area contributed by atoms with Gasteiger partial charge in [0.2, 0.25) is 5.91 Å². The van der Waals surface area contributed by atoms with Gasteiger partial charge >= 0.3 is 0 Å². The number of halogens is 2. The van der Waals surface area contributed by atoms with Crippen LogP contribution >= 0.6 is 0 Å². The fourth-order valence-corrected chi connectivity index (χ4v) is 4.84. The first-order chi connectivity index (χ1) is 16.1. The zero-order valence-electron chi connectivity index (χ0n) is 18.8. The van der Waals surface area contributed by atoms with Crippen LogP contribution in [0, 0.1) is 11.6 Å². The van der Waals surface area contributed by atoms with E-state index in [1.807, 2.05) is 4.90 Å². The zero-order valence-corrected chi connectivity index (χ0v) is 18.8. The van der Waals surface area contributed by atoms with Gasteiger partial charge in [0.1, 0.15) is 5.82 Å². The Labute approximate surface area is 193 Å². The van der Waals surface area contributed by atoms with E-state index in [0.29, 0.717) is 18.1 Å². The Morgan fingerprint density at radius 3 is 2.33 bits per heavy atom. The number of rotatable bonds is 5. The van der Waals surface area contributed by atoms with Gasteiger partial charge in [0, 0.05) is 64.0 Å². The first-order valence-corrected chi connectivity index (χ1v) is 11.8. The molecule has 1 aromatic carbocycles. The second-order valence-corrected chi connectivity index (χ2v) is 9.13. The fourth-order valence-electron chi connectivity index (χ4n) is 4.84. The summed E-state index contributed by atoms with van der Waals surface area (Å²) in [6.07, 6.45) is 7.05. The molecule has 0 atom stereocenters. The second-order valence-electron chi connectivity index (χ2n) is 9.13. The Kier molecular flexibility index (Phi) is 6.50. The van der Waals surface area contributed by atoms with Crippen molar-refractivity contribution >= 4 is 11.7 Å². The SMILES string of the molecule is O=C(CN1CCN(c2cnc(-c3cccc(F)c3F)cn2)CC1)N1CCN(C2CCC2)CC1. The van der Waals surface area contributed by atoms with E-state index < -0.39 is 11.6 Å². The number of anilines is 1. The minimum atomic E-state index is -0.915. The summed E-state index contributed by atoms with van der Waals surface area (Å²) < 4.78 is 27.5. The molecule has 0 radical (unpaired) electrons. The molecule has 5 rings (SSSR count). The van der Waals surface area contributed by atoms with Crippen LogP contribution in [-0.2, 0) is 4.79 Å². The van der Waals surface area contributed by atoms with E-state index in [9.17, 15) is 13.6 Å². The van der Waals surface area contributed by atoms with Crippen molar-refractivity contribution in [3.63, 3.8) is 0 Å². The van der Waals surface area contributed by atoms with Gasteiger partial charge in [0.15, 0.2) is 11.6 Å². The van der Waals surface area contributed by atoms with Crippen molar-refractivity contribution in [1.82, 2.24) is 24.7 Å². The average molecular weight is 457 g/mol. The number of nitrogens with zero attached hydrogens (tertiary/aromatic N) is 6. The molecular formula is C24H30F2N6O. The first-order valence-electron chi connectivity index (χ1n) is 11.8. The smallest absolute Gasteiger partial charge is 0.236 e. The van der Waals surface area contributed by atoms with E-state index in [4.69, 9.17) is 0 Å². The molecule has 0 N–H and O–H groups in total. The van der Waals surface area contributed by atoms with Crippen molar-refractivity contribution in [3.05, 3.63) is 42.2 Å². The van der Waals surface area contributed by atoms with E-state index >= 15 is 0 Å². The highest BCUT2D eigenvalue weighted by Crippen LogP contribution is 2.26. The van der Waals surface area contributed by atoms with Crippen LogP contribution in [0.2, 0.25) is 0 Å². The van der Waals surface area contributed by atoms with E-state index in [2.05, 4.69) is 24.7 Å². The largest absolute Gasteiger partial charge is 0.353 e. The third kappa shape index (κ3) is 4.84. The molecular weight excluding hydrogens is 426 g/mol. The molecule has 33 heavy (non-hydrogen) atoms. The highest BCUT2D eigenvalue weighted by molar-refractivity contribution is 5.78. The summed E-state index contributed by atoms with van der Waals surface area (Å²) in [4.78, 5) is 30.3. The number of benzene rings is 1. The lowest BCUT2D eigenvalue weighted by atomic mass is 9.91. The molecule has 1 aliphatic carbocycles. The second kappa shape index (κ2) is 9.69. The Hall–Kier alpha value is -2.65. The lowest BCUT2D eigenvalue weighted by Gasteiger charge is -2.43. The minimum absolute atomic E-state index is 0.103. The van der Waals surface area contributed by atoms with E-state index in [-0.39, 0.29) is 11.5 Å². The van der Waals surface area contributed by atoms with Gasteiger partial charge in [-0.3, -0.25) is 19.6 Å². The molecule has 1 saturated carbocycles. The van der Waals surface area contributed by atoms with Gasteiger partial charge in [-0.05, 0) is 25.0 Å². The molecule has 3 aliphatic rings. The Bertz CT molecular complexity index is 967.